The highest BCUT2D eigenvalue weighted by Crippen LogP contribution is 2.36. The number of carbonyl (C=O) groups excluding carboxylic acids is 2. The van der Waals surface area contributed by atoms with Crippen LogP contribution in [0.25, 0.3) is 0 Å². The molecule has 0 spiro atoms. The van der Waals surface area contributed by atoms with Gasteiger partial charge in [-0.3, -0.25) is 19.1 Å². The third-order valence-electron chi connectivity index (χ3n) is 4.28. The molecule has 1 N–H and O–H groups in total. The first-order chi connectivity index (χ1) is 10.8. The lowest BCUT2D eigenvalue weighted by Crippen LogP contribution is -2.47. The second kappa shape index (κ2) is 6.80. The Morgan fingerprint density at radius 3 is 2.70 bits per heavy atom. The summed E-state index contributed by atoms with van der Waals surface area (Å²) in [6.07, 6.45) is 4.14. The third kappa shape index (κ3) is 3.69. The summed E-state index contributed by atoms with van der Waals surface area (Å²) in [5.74, 6) is -1.47. The van der Waals surface area contributed by atoms with Gasteiger partial charge in [-0.2, -0.15) is 5.10 Å². The first-order valence-corrected chi connectivity index (χ1v) is 7.52. The number of carboxylic acids is 1. The molecule has 1 aromatic rings. The number of hydrogen-bond donors (Lipinski definition) is 1. The molecular weight excluding hydrogens is 300 g/mol. The van der Waals surface area contributed by atoms with E-state index in [2.05, 4.69) is 5.10 Å². The summed E-state index contributed by atoms with van der Waals surface area (Å²) < 4.78 is 1.64. The minimum Gasteiger partial charge on any atom is -0.481 e. The monoisotopic (exact) mass is 322 g/mol. The van der Waals surface area contributed by atoms with E-state index in [1.165, 1.54) is 4.90 Å². The van der Waals surface area contributed by atoms with Crippen molar-refractivity contribution in [2.24, 2.45) is 13.0 Å². The molecule has 0 bridgehead atoms. The highest BCUT2D eigenvalue weighted by atomic mass is 16.4. The smallest absolute Gasteiger partial charge is 0.305 e. The summed E-state index contributed by atoms with van der Waals surface area (Å²) in [7, 11) is 5.07. The van der Waals surface area contributed by atoms with Crippen molar-refractivity contribution in [1.82, 2.24) is 19.6 Å². The Morgan fingerprint density at radius 2 is 2.13 bits per heavy atom. The fraction of sp³-hybridized carbons (Fsp3) is 0.600. The number of likely N-dealkylation sites (tertiary alicyclic amines) is 1. The number of carbonyl (C=O) groups is 3. The van der Waals surface area contributed by atoms with Crippen molar-refractivity contribution >= 4 is 17.8 Å². The summed E-state index contributed by atoms with van der Waals surface area (Å²) in [6.45, 7) is 0.155. The van der Waals surface area contributed by atoms with Gasteiger partial charge < -0.3 is 14.9 Å². The van der Waals surface area contributed by atoms with E-state index in [9.17, 15) is 14.4 Å². The standard InChI is InChI=1S/C15H22N4O4/c1-17(7-6-13(21)22)15(23)11-4-5-12(20)19(3)14(11)10-8-16-18(2)9-10/h8-9,11,14H,4-7H2,1-3H3,(H,21,22). The summed E-state index contributed by atoms with van der Waals surface area (Å²) in [5, 5.41) is 12.9. The first-order valence-electron chi connectivity index (χ1n) is 7.52. The fourth-order valence-electron chi connectivity index (χ4n) is 3.00. The molecule has 8 nitrogen and oxygen atoms in total. The van der Waals surface area contributed by atoms with Gasteiger partial charge >= 0.3 is 5.97 Å². The number of aromatic nitrogens is 2. The molecule has 23 heavy (non-hydrogen) atoms. The van der Waals surface area contributed by atoms with Crippen LogP contribution in [-0.2, 0) is 21.4 Å². The van der Waals surface area contributed by atoms with Gasteiger partial charge in [-0.15, -0.1) is 0 Å². The minimum absolute atomic E-state index is 0.00362. The van der Waals surface area contributed by atoms with E-state index in [4.69, 9.17) is 5.11 Å². The number of piperidine rings is 1. The van der Waals surface area contributed by atoms with Crippen LogP contribution in [0.15, 0.2) is 12.4 Å². The molecule has 2 heterocycles. The van der Waals surface area contributed by atoms with E-state index < -0.39 is 5.97 Å². The Bertz CT molecular complexity index is 612. The van der Waals surface area contributed by atoms with E-state index in [1.54, 1.807) is 43.1 Å². The van der Waals surface area contributed by atoms with Crippen LogP contribution in [0.1, 0.15) is 30.9 Å². The van der Waals surface area contributed by atoms with Crippen molar-refractivity contribution in [1.29, 1.82) is 0 Å². The molecule has 2 rings (SSSR count). The number of hydrogen-bond acceptors (Lipinski definition) is 4. The molecule has 0 radical (unpaired) electrons. The molecule has 0 aliphatic carbocycles. The number of amides is 2. The number of nitrogens with zero attached hydrogens (tertiary/aromatic N) is 4. The lowest BCUT2D eigenvalue weighted by Gasteiger charge is -2.39. The predicted octanol–water partition coefficient (Wildman–Crippen LogP) is 0.263. The van der Waals surface area contributed by atoms with Crippen LogP contribution in [0, 0.1) is 5.92 Å². The van der Waals surface area contributed by atoms with Gasteiger partial charge in [0.15, 0.2) is 0 Å². The van der Waals surface area contributed by atoms with Gasteiger partial charge in [-0.25, -0.2) is 0 Å². The van der Waals surface area contributed by atoms with Gasteiger partial charge in [0.2, 0.25) is 11.8 Å². The van der Waals surface area contributed by atoms with Gasteiger partial charge in [0, 0.05) is 45.9 Å². The van der Waals surface area contributed by atoms with Crippen LogP contribution in [-0.4, -0.2) is 63.1 Å². The molecule has 1 aromatic heterocycles. The van der Waals surface area contributed by atoms with E-state index >= 15 is 0 Å². The molecule has 2 atom stereocenters. The van der Waals surface area contributed by atoms with Crippen LogP contribution in [0.4, 0.5) is 0 Å². The lowest BCUT2D eigenvalue weighted by atomic mass is 9.84. The molecule has 1 aliphatic heterocycles. The van der Waals surface area contributed by atoms with E-state index in [-0.39, 0.29) is 36.7 Å². The van der Waals surface area contributed by atoms with E-state index in [1.807, 2.05) is 0 Å². The zero-order valence-corrected chi connectivity index (χ0v) is 13.6. The molecule has 1 aliphatic rings. The van der Waals surface area contributed by atoms with Crippen molar-refractivity contribution in [3.63, 3.8) is 0 Å². The quantitative estimate of drug-likeness (QED) is 0.839. The fourth-order valence-corrected chi connectivity index (χ4v) is 3.00. The van der Waals surface area contributed by atoms with Gasteiger partial charge in [0.1, 0.15) is 0 Å². The van der Waals surface area contributed by atoms with E-state index in [0.717, 1.165) is 5.56 Å². The molecule has 0 aromatic carbocycles. The second-order valence-electron chi connectivity index (χ2n) is 5.95. The maximum absolute atomic E-state index is 12.7. The molecule has 8 heteroatoms. The highest BCUT2D eigenvalue weighted by Gasteiger charge is 2.40. The molecule has 2 amide bonds. The average molecular weight is 322 g/mol. The van der Waals surface area contributed by atoms with Gasteiger partial charge in [-0.05, 0) is 6.42 Å². The molecule has 2 unspecified atom stereocenters. The van der Waals surface area contributed by atoms with Crippen molar-refractivity contribution in [3.8, 4) is 0 Å². The van der Waals surface area contributed by atoms with Crippen LogP contribution < -0.4 is 0 Å². The summed E-state index contributed by atoms with van der Waals surface area (Å²) in [4.78, 5) is 38.5. The second-order valence-corrected chi connectivity index (χ2v) is 5.95. The predicted molar refractivity (Wildman–Crippen MR) is 81.3 cm³/mol. The zero-order chi connectivity index (χ0) is 17.1. The normalized spacial score (nSPS) is 21.3. The maximum Gasteiger partial charge on any atom is 0.305 e. The summed E-state index contributed by atoms with van der Waals surface area (Å²) in [5.41, 5.74) is 0.813. The molecule has 1 fully saturated rings. The van der Waals surface area contributed by atoms with Crippen molar-refractivity contribution in [3.05, 3.63) is 18.0 Å². The van der Waals surface area contributed by atoms with Crippen LogP contribution in [0.2, 0.25) is 0 Å². The SMILES string of the molecule is CN(CCC(=O)O)C(=O)C1CCC(=O)N(C)C1c1cnn(C)c1. The van der Waals surface area contributed by atoms with Gasteiger partial charge in [0.05, 0.1) is 24.6 Å². The largest absolute Gasteiger partial charge is 0.481 e. The minimum atomic E-state index is -0.940. The molecule has 1 saturated heterocycles. The van der Waals surface area contributed by atoms with Crippen molar-refractivity contribution in [2.45, 2.75) is 25.3 Å². The number of aryl methyl sites for hydroxylation is 1. The number of rotatable bonds is 5. The molecule has 0 saturated carbocycles. The van der Waals surface area contributed by atoms with Crippen molar-refractivity contribution in [2.75, 3.05) is 20.6 Å². The average Bonchev–Trinajstić information content (AvgIpc) is 2.92. The topological polar surface area (TPSA) is 95.7 Å². The first kappa shape index (κ1) is 17.0. The maximum atomic E-state index is 12.7. The van der Waals surface area contributed by atoms with Crippen LogP contribution >= 0.6 is 0 Å². The Hall–Kier alpha value is -2.38. The molecule has 126 valence electrons. The number of aliphatic carboxylic acids is 1. The summed E-state index contributed by atoms with van der Waals surface area (Å²) in [6, 6.07) is -0.371. The van der Waals surface area contributed by atoms with Crippen molar-refractivity contribution < 1.29 is 19.5 Å². The molecular formula is C15H22N4O4. The third-order valence-corrected chi connectivity index (χ3v) is 4.28. The van der Waals surface area contributed by atoms with Crippen LogP contribution in [0.5, 0.6) is 0 Å². The van der Waals surface area contributed by atoms with Crippen LogP contribution in [0.3, 0.4) is 0 Å². The van der Waals surface area contributed by atoms with Gasteiger partial charge in [-0.1, -0.05) is 0 Å². The Labute approximate surface area is 134 Å². The lowest BCUT2D eigenvalue weighted by molar-refractivity contribution is -0.146. The highest BCUT2D eigenvalue weighted by molar-refractivity contribution is 5.85. The Morgan fingerprint density at radius 1 is 1.43 bits per heavy atom. The Kier molecular flexibility index (Phi) is 5.02. The van der Waals surface area contributed by atoms with Gasteiger partial charge in [0.25, 0.3) is 0 Å². The Balaban J connectivity index is 2.21. The summed E-state index contributed by atoms with van der Waals surface area (Å²) >= 11 is 0. The zero-order valence-electron chi connectivity index (χ0n) is 13.6. The van der Waals surface area contributed by atoms with E-state index in [0.29, 0.717) is 12.8 Å². The number of carboxylic acid groups (broad SMARTS) is 1.